The van der Waals surface area contributed by atoms with E-state index in [2.05, 4.69) is 25.7 Å². The molecule has 1 saturated heterocycles. The Labute approximate surface area is 224 Å². The lowest BCUT2D eigenvalue weighted by Crippen LogP contribution is -2.49. The van der Waals surface area contributed by atoms with Crippen molar-refractivity contribution in [2.75, 3.05) is 13.1 Å². The highest BCUT2D eigenvalue weighted by molar-refractivity contribution is 6.10. The summed E-state index contributed by atoms with van der Waals surface area (Å²) in [5, 5.41) is 0. The molecule has 1 saturated carbocycles. The molecular formula is C32H47NO4. The minimum atomic E-state index is -0.682. The highest BCUT2D eigenvalue weighted by Gasteiger charge is 2.48. The van der Waals surface area contributed by atoms with Crippen LogP contribution in [0.5, 0.6) is 0 Å². The minimum absolute atomic E-state index is 0.00231. The number of aryl methyl sites for hydroxylation is 2. The number of hydrogen-bond donors (Lipinski definition) is 0. The number of piperidine rings is 1. The summed E-state index contributed by atoms with van der Waals surface area (Å²) in [6.45, 7) is 16.7. The summed E-state index contributed by atoms with van der Waals surface area (Å²) >= 11 is 0. The molecule has 5 heteroatoms. The Bertz CT molecular complexity index is 982. The normalized spacial score (nSPS) is 17.6. The molecular weight excluding hydrogens is 462 g/mol. The molecule has 1 spiro atoms. The fourth-order valence-corrected chi connectivity index (χ4v) is 5.50. The summed E-state index contributed by atoms with van der Waals surface area (Å²) in [5.74, 6) is 5.27. The average Bonchev–Trinajstić information content (AvgIpc) is 2.79. The summed E-state index contributed by atoms with van der Waals surface area (Å²) in [6, 6.07) is 3.92. The van der Waals surface area contributed by atoms with Crippen LogP contribution < -0.4 is 0 Å². The largest absolute Gasteiger partial charge is 0.444 e. The quantitative estimate of drug-likeness (QED) is 0.243. The Kier molecular flexibility index (Phi) is 11.0. The van der Waals surface area contributed by atoms with Gasteiger partial charge in [0.1, 0.15) is 23.1 Å². The molecule has 0 aromatic heterocycles. The van der Waals surface area contributed by atoms with Gasteiger partial charge >= 0.3 is 6.09 Å². The molecule has 0 unspecified atom stereocenters. The Morgan fingerprint density at radius 2 is 1.49 bits per heavy atom. The molecule has 1 aromatic rings. The lowest BCUT2D eigenvalue weighted by molar-refractivity contribution is -0.138. The fourth-order valence-electron chi connectivity index (χ4n) is 5.50. The Morgan fingerprint density at radius 1 is 1.00 bits per heavy atom. The summed E-state index contributed by atoms with van der Waals surface area (Å²) in [4.78, 5) is 40.5. The third kappa shape index (κ3) is 8.45. The van der Waals surface area contributed by atoms with E-state index in [1.165, 1.54) is 25.7 Å². The molecule has 1 heterocycles. The van der Waals surface area contributed by atoms with Crippen LogP contribution in [0.25, 0.3) is 0 Å². The van der Waals surface area contributed by atoms with Gasteiger partial charge in [-0.15, -0.1) is 5.92 Å². The van der Waals surface area contributed by atoms with E-state index in [0.29, 0.717) is 38.8 Å². The van der Waals surface area contributed by atoms with Gasteiger partial charge in [-0.2, -0.15) is 0 Å². The Hall–Kier alpha value is -2.61. The molecule has 0 atom stereocenters. The SMILES string of the molecule is CC#Cc1cc(C)c(C2C(=O)CC3(CCN(C(=O)OC(C)(C)C)CC3)CC2=O)c(C)c1.CCCCCC. The predicted molar refractivity (Wildman–Crippen MR) is 150 cm³/mol. The van der Waals surface area contributed by atoms with Crippen molar-refractivity contribution in [3.05, 3.63) is 34.4 Å². The molecule has 1 aliphatic carbocycles. The van der Waals surface area contributed by atoms with Crippen molar-refractivity contribution in [2.24, 2.45) is 5.41 Å². The van der Waals surface area contributed by atoms with Crippen molar-refractivity contribution in [2.45, 2.75) is 118 Å². The van der Waals surface area contributed by atoms with Gasteiger partial charge in [-0.25, -0.2) is 4.79 Å². The van der Waals surface area contributed by atoms with Crippen LogP contribution >= 0.6 is 0 Å². The van der Waals surface area contributed by atoms with Crippen molar-refractivity contribution in [3.63, 3.8) is 0 Å². The van der Waals surface area contributed by atoms with Crippen LogP contribution in [0.2, 0.25) is 0 Å². The van der Waals surface area contributed by atoms with E-state index in [9.17, 15) is 14.4 Å². The average molecular weight is 510 g/mol. The van der Waals surface area contributed by atoms with Gasteiger partial charge in [0.15, 0.2) is 0 Å². The number of benzene rings is 1. The van der Waals surface area contributed by atoms with E-state index < -0.39 is 11.5 Å². The summed E-state index contributed by atoms with van der Waals surface area (Å²) in [5.41, 5.74) is 2.77. The number of rotatable bonds is 4. The second kappa shape index (κ2) is 13.3. The zero-order valence-corrected chi connectivity index (χ0v) is 24.4. The van der Waals surface area contributed by atoms with Crippen molar-refractivity contribution in [1.82, 2.24) is 4.90 Å². The molecule has 0 bridgehead atoms. The van der Waals surface area contributed by atoms with E-state index in [-0.39, 0.29) is 23.1 Å². The third-order valence-electron chi connectivity index (χ3n) is 7.33. The first-order valence-electron chi connectivity index (χ1n) is 13.9. The Morgan fingerprint density at radius 3 is 1.89 bits per heavy atom. The lowest BCUT2D eigenvalue weighted by Gasteiger charge is -2.44. The highest BCUT2D eigenvalue weighted by Crippen LogP contribution is 2.46. The van der Waals surface area contributed by atoms with Crippen LogP contribution in [0.3, 0.4) is 0 Å². The van der Waals surface area contributed by atoms with E-state index in [1.807, 2.05) is 46.8 Å². The van der Waals surface area contributed by atoms with E-state index in [1.54, 1.807) is 11.8 Å². The summed E-state index contributed by atoms with van der Waals surface area (Å²) < 4.78 is 5.47. The standard InChI is InChI=1S/C26H33NO4.C6H14/c1-7-8-19-13-17(2)22(18(3)14-19)23-20(28)15-26(16-21(23)29)9-11-27(12-10-26)24(30)31-25(4,5)6;1-3-5-6-4-2/h13-14,23H,9-12,15-16H2,1-6H3;3-6H2,1-2H3. The molecule has 5 nitrogen and oxygen atoms in total. The summed E-state index contributed by atoms with van der Waals surface area (Å²) in [6.07, 6.45) is 7.30. The second-order valence-corrected chi connectivity index (χ2v) is 11.8. The van der Waals surface area contributed by atoms with Gasteiger partial charge in [-0.05, 0) is 88.6 Å². The third-order valence-corrected chi connectivity index (χ3v) is 7.33. The van der Waals surface area contributed by atoms with Gasteiger partial charge in [-0.3, -0.25) is 9.59 Å². The van der Waals surface area contributed by atoms with Crippen LogP contribution in [-0.4, -0.2) is 41.3 Å². The van der Waals surface area contributed by atoms with E-state index in [0.717, 1.165) is 22.3 Å². The fraction of sp³-hybridized carbons (Fsp3) is 0.656. The van der Waals surface area contributed by atoms with Gasteiger partial charge in [-0.1, -0.05) is 45.5 Å². The Balaban J connectivity index is 0.000000717. The van der Waals surface area contributed by atoms with Crippen molar-refractivity contribution in [1.29, 1.82) is 0 Å². The predicted octanol–water partition coefficient (Wildman–Crippen LogP) is 7.29. The smallest absolute Gasteiger partial charge is 0.410 e. The molecule has 0 radical (unpaired) electrons. The van der Waals surface area contributed by atoms with Crippen LogP contribution in [0, 0.1) is 31.1 Å². The zero-order chi connectivity index (χ0) is 27.8. The molecule has 1 aromatic carbocycles. The number of Topliss-reactive ketones (excluding diaryl/α,β-unsaturated/α-hetero) is 2. The molecule has 3 rings (SSSR count). The number of likely N-dealkylation sites (tertiary alicyclic amines) is 1. The van der Waals surface area contributed by atoms with Crippen LogP contribution in [0.15, 0.2) is 12.1 Å². The number of unbranched alkanes of at least 4 members (excludes halogenated alkanes) is 3. The molecule has 37 heavy (non-hydrogen) atoms. The molecule has 1 amide bonds. The molecule has 204 valence electrons. The van der Waals surface area contributed by atoms with Gasteiger partial charge in [0, 0.05) is 31.5 Å². The summed E-state index contributed by atoms with van der Waals surface area (Å²) in [7, 11) is 0. The molecule has 1 aliphatic heterocycles. The van der Waals surface area contributed by atoms with Crippen LogP contribution in [0.1, 0.15) is 121 Å². The van der Waals surface area contributed by atoms with Gasteiger partial charge in [0.25, 0.3) is 0 Å². The maximum absolute atomic E-state index is 13.2. The van der Waals surface area contributed by atoms with Crippen LogP contribution in [0.4, 0.5) is 4.79 Å². The number of carbonyl (C=O) groups is 3. The topological polar surface area (TPSA) is 63.7 Å². The number of ether oxygens (including phenoxy) is 1. The second-order valence-electron chi connectivity index (χ2n) is 11.8. The maximum Gasteiger partial charge on any atom is 0.410 e. The van der Waals surface area contributed by atoms with Crippen LogP contribution in [-0.2, 0) is 14.3 Å². The molecule has 0 N–H and O–H groups in total. The van der Waals surface area contributed by atoms with Gasteiger partial charge < -0.3 is 9.64 Å². The van der Waals surface area contributed by atoms with Crippen molar-refractivity contribution >= 4 is 17.7 Å². The minimum Gasteiger partial charge on any atom is -0.444 e. The maximum atomic E-state index is 13.2. The first-order valence-corrected chi connectivity index (χ1v) is 13.9. The number of nitrogens with zero attached hydrogens (tertiary/aromatic N) is 1. The number of carbonyl (C=O) groups excluding carboxylic acids is 3. The number of hydrogen-bond acceptors (Lipinski definition) is 4. The molecule has 2 fully saturated rings. The van der Waals surface area contributed by atoms with Crippen molar-refractivity contribution in [3.8, 4) is 11.8 Å². The molecule has 2 aliphatic rings. The monoisotopic (exact) mass is 509 g/mol. The first kappa shape index (κ1) is 30.6. The van der Waals surface area contributed by atoms with E-state index in [4.69, 9.17) is 4.74 Å². The van der Waals surface area contributed by atoms with Gasteiger partial charge in [0.05, 0.1) is 0 Å². The first-order chi connectivity index (χ1) is 17.4. The zero-order valence-electron chi connectivity index (χ0n) is 24.4. The number of amides is 1. The number of ketones is 2. The van der Waals surface area contributed by atoms with Crippen molar-refractivity contribution < 1.29 is 19.1 Å². The highest BCUT2D eigenvalue weighted by atomic mass is 16.6. The van der Waals surface area contributed by atoms with Gasteiger partial charge in [0.2, 0.25) is 0 Å². The van der Waals surface area contributed by atoms with E-state index >= 15 is 0 Å². The lowest BCUT2D eigenvalue weighted by atomic mass is 9.62.